The van der Waals surface area contributed by atoms with Gasteiger partial charge in [-0.3, -0.25) is 4.98 Å². The lowest BCUT2D eigenvalue weighted by Gasteiger charge is -2.07. The molecular weight excluding hydrogens is 256 g/mol. The van der Waals surface area contributed by atoms with E-state index in [1.165, 1.54) is 22.9 Å². The maximum absolute atomic E-state index is 4.42. The van der Waals surface area contributed by atoms with Gasteiger partial charge in [0, 0.05) is 30.1 Å². The van der Waals surface area contributed by atoms with Gasteiger partial charge in [-0.25, -0.2) is 0 Å². The summed E-state index contributed by atoms with van der Waals surface area (Å²) >= 11 is 0. The Morgan fingerprint density at radius 3 is 2.67 bits per heavy atom. The molecule has 104 valence electrons. The number of pyridine rings is 1. The topological polar surface area (TPSA) is 24.9 Å². The van der Waals surface area contributed by atoms with Crippen molar-refractivity contribution in [3.05, 3.63) is 78.0 Å². The number of nitrogens with one attached hydrogen (secondary N) is 1. The van der Waals surface area contributed by atoms with E-state index in [-0.39, 0.29) is 0 Å². The minimum atomic E-state index is 0.610. The molecule has 1 N–H and O–H groups in total. The second kappa shape index (κ2) is 5.30. The zero-order chi connectivity index (χ0) is 14.1. The Balaban J connectivity index is 1.46. The fourth-order valence-electron chi connectivity index (χ4n) is 3.04. The highest BCUT2D eigenvalue weighted by atomic mass is 15.0. The Morgan fingerprint density at radius 2 is 1.76 bits per heavy atom. The average Bonchev–Trinajstić information content (AvgIpc) is 3.33. The molecule has 0 radical (unpaired) electrons. The molecule has 2 heteroatoms. The van der Waals surface area contributed by atoms with E-state index in [4.69, 9.17) is 0 Å². The van der Waals surface area contributed by atoms with Crippen molar-refractivity contribution in [3.8, 4) is 0 Å². The van der Waals surface area contributed by atoms with Gasteiger partial charge in [-0.1, -0.05) is 48.5 Å². The van der Waals surface area contributed by atoms with E-state index >= 15 is 0 Å². The van der Waals surface area contributed by atoms with Crippen LogP contribution >= 0.6 is 0 Å². The first-order chi connectivity index (χ1) is 10.4. The fraction of sp³-hybridized carbons (Fsp3) is 0.211. The number of hydrogen-bond donors (Lipinski definition) is 1. The number of aromatic nitrogens is 1. The highest BCUT2D eigenvalue weighted by Gasteiger charge is 2.37. The second-order valence-corrected chi connectivity index (χ2v) is 5.73. The van der Waals surface area contributed by atoms with E-state index in [2.05, 4.69) is 64.9 Å². The van der Waals surface area contributed by atoms with Crippen molar-refractivity contribution in [1.82, 2.24) is 10.3 Å². The molecule has 1 aromatic heterocycles. The third kappa shape index (κ3) is 2.55. The Hall–Kier alpha value is -2.19. The van der Waals surface area contributed by atoms with Crippen molar-refractivity contribution in [2.24, 2.45) is 0 Å². The van der Waals surface area contributed by atoms with Crippen LogP contribution in [0.25, 0.3) is 10.9 Å². The van der Waals surface area contributed by atoms with Crippen LogP contribution in [0.15, 0.2) is 66.9 Å². The molecule has 0 saturated heterocycles. The predicted molar refractivity (Wildman–Crippen MR) is 86.2 cm³/mol. The number of fused-ring (bicyclic) bond motifs is 1. The van der Waals surface area contributed by atoms with E-state index in [1.54, 1.807) is 0 Å². The average molecular weight is 274 g/mol. The first-order valence-electron chi connectivity index (χ1n) is 7.53. The van der Waals surface area contributed by atoms with E-state index in [0.717, 1.165) is 12.1 Å². The summed E-state index contributed by atoms with van der Waals surface area (Å²) in [5, 5.41) is 4.94. The molecule has 2 nitrogen and oxygen atoms in total. The van der Waals surface area contributed by atoms with Gasteiger partial charge >= 0.3 is 0 Å². The Kier molecular flexibility index (Phi) is 3.17. The summed E-state index contributed by atoms with van der Waals surface area (Å²) < 4.78 is 0. The largest absolute Gasteiger partial charge is 0.309 e. The molecule has 0 amide bonds. The van der Waals surface area contributed by atoms with Crippen molar-refractivity contribution >= 4 is 10.9 Å². The third-order valence-electron chi connectivity index (χ3n) is 4.31. The summed E-state index contributed by atoms with van der Waals surface area (Å²) in [6, 6.07) is 21.9. The van der Waals surface area contributed by atoms with E-state index in [1.807, 2.05) is 12.3 Å². The van der Waals surface area contributed by atoms with Crippen LogP contribution in [0, 0.1) is 0 Å². The highest BCUT2D eigenvalue weighted by molar-refractivity contribution is 5.81. The minimum absolute atomic E-state index is 0.610. The summed E-state index contributed by atoms with van der Waals surface area (Å²) in [5.74, 6) is 0.680. The van der Waals surface area contributed by atoms with Crippen LogP contribution in [0.1, 0.15) is 23.5 Å². The summed E-state index contributed by atoms with van der Waals surface area (Å²) in [6.07, 6.45) is 3.15. The second-order valence-electron chi connectivity index (χ2n) is 5.73. The van der Waals surface area contributed by atoms with Gasteiger partial charge in [0.1, 0.15) is 0 Å². The first kappa shape index (κ1) is 12.5. The monoisotopic (exact) mass is 274 g/mol. The first-order valence-corrected chi connectivity index (χ1v) is 7.53. The lowest BCUT2D eigenvalue weighted by molar-refractivity contribution is 0.675. The molecular formula is C19H18N2. The van der Waals surface area contributed by atoms with Crippen LogP contribution in [-0.2, 0) is 6.54 Å². The molecule has 4 rings (SSSR count). The number of rotatable bonds is 4. The van der Waals surface area contributed by atoms with Gasteiger partial charge in [0.05, 0.1) is 5.52 Å². The van der Waals surface area contributed by atoms with E-state index in [9.17, 15) is 0 Å². The maximum Gasteiger partial charge on any atom is 0.0705 e. The van der Waals surface area contributed by atoms with Crippen LogP contribution in [0.4, 0.5) is 0 Å². The van der Waals surface area contributed by atoms with Crippen LogP contribution in [-0.4, -0.2) is 11.0 Å². The molecule has 2 aromatic carbocycles. The van der Waals surface area contributed by atoms with Gasteiger partial charge in [-0.2, -0.15) is 0 Å². The van der Waals surface area contributed by atoms with Gasteiger partial charge in [0.25, 0.3) is 0 Å². The zero-order valence-electron chi connectivity index (χ0n) is 11.9. The predicted octanol–water partition coefficient (Wildman–Crippen LogP) is 3.88. The SMILES string of the molecule is c1ccc([C@@H]2C[C@H]2NCc2ccnc3ccccc23)cc1. The van der Waals surface area contributed by atoms with Crippen molar-refractivity contribution in [1.29, 1.82) is 0 Å². The molecule has 3 aromatic rings. The van der Waals surface area contributed by atoms with Gasteiger partial charge in [-0.05, 0) is 29.7 Å². The maximum atomic E-state index is 4.42. The van der Waals surface area contributed by atoms with Gasteiger partial charge in [0.15, 0.2) is 0 Å². The molecule has 0 spiro atoms. The standard InChI is InChI=1S/C19H18N2/c1-2-6-14(7-3-1)17-12-19(17)21-13-15-10-11-20-18-9-5-4-8-16(15)18/h1-11,17,19,21H,12-13H2/t17-,19+/m0/s1. The number of hydrogen-bond acceptors (Lipinski definition) is 2. The van der Waals surface area contributed by atoms with Crippen molar-refractivity contribution < 1.29 is 0 Å². The Bertz CT molecular complexity index is 746. The highest BCUT2D eigenvalue weighted by Crippen LogP contribution is 2.40. The summed E-state index contributed by atoms with van der Waals surface area (Å²) in [5.41, 5.74) is 3.86. The molecule has 1 heterocycles. The minimum Gasteiger partial charge on any atom is -0.309 e. The lowest BCUT2D eigenvalue weighted by Crippen LogP contribution is -2.17. The van der Waals surface area contributed by atoms with Crippen LogP contribution in [0.5, 0.6) is 0 Å². The molecule has 0 unspecified atom stereocenters. The Morgan fingerprint density at radius 1 is 0.952 bits per heavy atom. The molecule has 2 atom stereocenters. The van der Waals surface area contributed by atoms with Gasteiger partial charge < -0.3 is 5.32 Å². The normalized spacial score (nSPS) is 20.6. The molecule has 21 heavy (non-hydrogen) atoms. The zero-order valence-corrected chi connectivity index (χ0v) is 11.9. The summed E-state index contributed by atoms with van der Waals surface area (Å²) in [7, 11) is 0. The Labute approximate surface area is 124 Å². The van der Waals surface area contributed by atoms with Crippen molar-refractivity contribution in [2.45, 2.75) is 24.9 Å². The summed E-state index contributed by atoms with van der Waals surface area (Å²) in [6.45, 7) is 0.914. The van der Waals surface area contributed by atoms with E-state index in [0.29, 0.717) is 12.0 Å². The van der Waals surface area contributed by atoms with Crippen molar-refractivity contribution in [3.63, 3.8) is 0 Å². The smallest absolute Gasteiger partial charge is 0.0705 e. The van der Waals surface area contributed by atoms with E-state index < -0.39 is 0 Å². The van der Waals surface area contributed by atoms with Crippen LogP contribution in [0.2, 0.25) is 0 Å². The lowest BCUT2D eigenvalue weighted by atomic mass is 10.1. The molecule has 0 aliphatic heterocycles. The molecule has 0 bridgehead atoms. The van der Waals surface area contributed by atoms with Crippen LogP contribution in [0.3, 0.4) is 0 Å². The summed E-state index contributed by atoms with van der Waals surface area (Å²) in [4.78, 5) is 4.42. The fourth-order valence-corrected chi connectivity index (χ4v) is 3.04. The molecule has 1 aliphatic carbocycles. The molecule has 1 saturated carbocycles. The number of para-hydroxylation sites is 1. The number of nitrogens with zero attached hydrogens (tertiary/aromatic N) is 1. The molecule has 1 aliphatic rings. The van der Waals surface area contributed by atoms with Crippen LogP contribution < -0.4 is 5.32 Å². The number of benzene rings is 2. The quantitative estimate of drug-likeness (QED) is 0.781. The van der Waals surface area contributed by atoms with Gasteiger partial charge in [-0.15, -0.1) is 0 Å². The van der Waals surface area contributed by atoms with Crippen molar-refractivity contribution in [2.75, 3.05) is 0 Å². The molecule has 1 fully saturated rings. The third-order valence-corrected chi connectivity index (χ3v) is 4.31. The van der Waals surface area contributed by atoms with Gasteiger partial charge in [0.2, 0.25) is 0 Å².